The fourth-order valence-corrected chi connectivity index (χ4v) is 3.55. The summed E-state index contributed by atoms with van der Waals surface area (Å²) < 4.78 is 14.7. The standard InChI is InChI=1S/C14H12BrCl2FN2S/c15-9-6-5-8(14(18)13(9)17)11(20-19)7-21-12-4-2-1-3-10(12)16/h1-6,11,20H,7,19H2. The Bertz CT molecular complexity index is 642. The van der Waals surface area contributed by atoms with Crippen LogP contribution in [0.4, 0.5) is 4.39 Å². The minimum Gasteiger partial charge on any atom is -0.271 e. The Balaban J connectivity index is 2.18. The third-order valence-corrected chi connectivity index (χ3v) is 5.75. The number of thioether (sulfide) groups is 1. The van der Waals surface area contributed by atoms with E-state index in [1.807, 2.05) is 24.3 Å². The van der Waals surface area contributed by atoms with E-state index in [2.05, 4.69) is 21.4 Å². The van der Waals surface area contributed by atoms with Crippen LogP contribution in [0.15, 0.2) is 45.8 Å². The number of nitrogens with one attached hydrogen (secondary N) is 1. The van der Waals surface area contributed by atoms with Gasteiger partial charge in [0.1, 0.15) is 5.82 Å². The topological polar surface area (TPSA) is 38.0 Å². The van der Waals surface area contributed by atoms with Gasteiger partial charge in [0.2, 0.25) is 0 Å². The molecule has 2 nitrogen and oxygen atoms in total. The minimum absolute atomic E-state index is 0.0514. The van der Waals surface area contributed by atoms with Crippen LogP contribution in [0.25, 0.3) is 0 Å². The van der Waals surface area contributed by atoms with Gasteiger partial charge in [-0.25, -0.2) is 4.39 Å². The highest BCUT2D eigenvalue weighted by atomic mass is 79.9. The maximum absolute atomic E-state index is 14.2. The molecule has 0 bridgehead atoms. The Morgan fingerprint density at radius 1 is 1.24 bits per heavy atom. The zero-order valence-electron chi connectivity index (χ0n) is 10.7. The number of hydrazine groups is 1. The predicted molar refractivity (Wildman–Crippen MR) is 91.4 cm³/mol. The molecule has 0 aliphatic rings. The summed E-state index contributed by atoms with van der Waals surface area (Å²) in [6.07, 6.45) is 0. The summed E-state index contributed by atoms with van der Waals surface area (Å²) in [4.78, 5) is 0.919. The van der Waals surface area contributed by atoms with Crippen molar-refractivity contribution in [3.63, 3.8) is 0 Å². The summed E-state index contributed by atoms with van der Waals surface area (Å²) in [7, 11) is 0. The molecule has 0 amide bonds. The van der Waals surface area contributed by atoms with Gasteiger partial charge in [0.25, 0.3) is 0 Å². The van der Waals surface area contributed by atoms with Crippen molar-refractivity contribution in [3.8, 4) is 0 Å². The highest BCUT2D eigenvalue weighted by Gasteiger charge is 2.18. The second-order valence-electron chi connectivity index (χ2n) is 4.23. The molecule has 1 unspecified atom stereocenters. The fourth-order valence-electron chi connectivity index (χ4n) is 1.77. The first-order valence-corrected chi connectivity index (χ1v) is 8.55. The van der Waals surface area contributed by atoms with Crippen molar-refractivity contribution in [2.75, 3.05) is 5.75 Å². The van der Waals surface area contributed by atoms with E-state index in [-0.39, 0.29) is 11.1 Å². The summed E-state index contributed by atoms with van der Waals surface area (Å²) in [5.74, 6) is 5.59. The first-order valence-electron chi connectivity index (χ1n) is 6.01. The van der Waals surface area contributed by atoms with E-state index >= 15 is 0 Å². The van der Waals surface area contributed by atoms with Crippen LogP contribution in [-0.2, 0) is 0 Å². The van der Waals surface area contributed by atoms with E-state index in [9.17, 15) is 4.39 Å². The maximum atomic E-state index is 14.2. The summed E-state index contributed by atoms with van der Waals surface area (Å²) in [5.41, 5.74) is 3.04. The molecule has 2 aromatic carbocycles. The van der Waals surface area contributed by atoms with Crippen molar-refractivity contribution in [3.05, 3.63) is 62.3 Å². The van der Waals surface area contributed by atoms with E-state index in [0.717, 1.165) is 4.90 Å². The van der Waals surface area contributed by atoms with Gasteiger partial charge in [-0.1, -0.05) is 41.4 Å². The highest BCUT2D eigenvalue weighted by Crippen LogP contribution is 2.34. The fraction of sp³-hybridized carbons (Fsp3) is 0.143. The van der Waals surface area contributed by atoms with Gasteiger partial charge >= 0.3 is 0 Å². The third-order valence-electron chi connectivity index (χ3n) is 2.88. The lowest BCUT2D eigenvalue weighted by Crippen LogP contribution is -2.30. The SMILES string of the molecule is NNC(CSc1ccccc1Cl)c1ccc(Br)c(Cl)c1F. The summed E-state index contributed by atoms with van der Waals surface area (Å²) in [6, 6.07) is 10.5. The highest BCUT2D eigenvalue weighted by molar-refractivity contribution is 9.10. The van der Waals surface area contributed by atoms with Gasteiger partial charge in [-0.2, -0.15) is 0 Å². The van der Waals surface area contributed by atoms with Crippen molar-refractivity contribution in [1.82, 2.24) is 5.43 Å². The van der Waals surface area contributed by atoms with Crippen LogP contribution in [0.5, 0.6) is 0 Å². The Hall–Kier alpha value is -0.300. The molecule has 0 heterocycles. The summed E-state index contributed by atoms with van der Waals surface area (Å²) in [5, 5.41) is 0.711. The van der Waals surface area contributed by atoms with Crippen LogP contribution in [-0.4, -0.2) is 5.75 Å². The van der Waals surface area contributed by atoms with Crippen molar-refractivity contribution >= 4 is 50.9 Å². The number of halogens is 4. The van der Waals surface area contributed by atoms with Crippen molar-refractivity contribution in [2.45, 2.75) is 10.9 Å². The van der Waals surface area contributed by atoms with Gasteiger partial charge in [-0.15, -0.1) is 11.8 Å². The van der Waals surface area contributed by atoms with E-state index in [4.69, 9.17) is 29.0 Å². The first kappa shape index (κ1) is 17.1. The molecule has 0 spiro atoms. The molecule has 3 N–H and O–H groups in total. The first-order chi connectivity index (χ1) is 10.0. The van der Waals surface area contributed by atoms with Gasteiger partial charge in [-0.05, 0) is 34.1 Å². The Morgan fingerprint density at radius 3 is 2.62 bits per heavy atom. The van der Waals surface area contributed by atoms with Crippen molar-refractivity contribution < 1.29 is 4.39 Å². The molecule has 0 radical (unpaired) electrons. The van der Waals surface area contributed by atoms with Gasteiger partial charge in [-0.3, -0.25) is 11.3 Å². The average molecular weight is 410 g/mol. The summed E-state index contributed by atoms with van der Waals surface area (Å²) in [6.45, 7) is 0. The quantitative estimate of drug-likeness (QED) is 0.308. The van der Waals surface area contributed by atoms with Crippen LogP contribution < -0.4 is 11.3 Å². The lowest BCUT2D eigenvalue weighted by Gasteiger charge is -2.18. The molecule has 0 aliphatic carbocycles. The van der Waals surface area contributed by atoms with Gasteiger partial charge in [0.15, 0.2) is 0 Å². The molecule has 0 aromatic heterocycles. The molecule has 0 aliphatic heterocycles. The second kappa shape index (κ2) is 7.81. The smallest absolute Gasteiger partial charge is 0.147 e. The van der Waals surface area contributed by atoms with Crippen LogP contribution >= 0.6 is 50.9 Å². The van der Waals surface area contributed by atoms with Gasteiger partial charge in [0.05, 0.1) is 16.1 Å². The maximum Gasteiger partial charge on any atom is 0.147 e. The Morgan fingerprint density at radius 2 is 1.95 bits per heavy atom. The number of hydrogen-bond acceptors (Lipinski definition) is 3. The van der Waals surface area contributed by atoms with Crippen LogP contribution in [0, 0.1) is 5.82 Å². The monoisotopic (exact) mass is 408 g/mol. The lowest BCUT2D eigenvalue weighted by molar-refractivity contribution is 0.546. The Kier molecular flexibility index (Phi) is 6.34. The number of nitrogens with two attached hydrogens (primary N) is 1. The van der Waals surface area contributed by atoms with E-state index in [1.165, 1.54) is 11.8 Å². The number of hydrogen-bond donors (Lipinski definition) is 2. The third kappa shape index (κ3) is 4.12. The molecule has 112 valence electrons. The average Bonchev–Trinajstić information content (AvgIpc) is 2.49. The zero-order chi connectivity index (χ0) is 15.4. The van der Waals surface area contributed by atoms with Gasteiger partial charge in [0, 0.05) is 20.7 Å². The van der Waals surface area contributed by atoms with Crippen molar-refractivity contribution in [1.29, 1.82) is 0 Å². The molecule has 2 aromatic rings. The van der Waals surface area contributed by atoms with E-state index in [0.29, 0.717) is 20.8 Å². The molecular formula is C14H12BrCl2FN2S. The molecular weight excluding hydrogens is 398 g/mol. The number of benzene rings is 2. The minimum atomic E-state index is -0.478. The normalized spacial score (nSPS) is 12.4. The molecule has 2 rings (SSSR count). The summed E-state index contributed by atoms with van der Waals surface area (Å²) >= 11 is 16.7. The molecule has 1 atom stereocenters. The molecule has 7 heteroatoms. The second-order valence-corrected chi connectivity index (χ2v) is 6.93. The molecule has 21 heavy (non-hydrogen) atoms. The molecule has 0 fully saturated rings. The van der Waals surface area contributed by atoms with Crippen LogP contribution in [0.2, 0.25) is 10.0 Å². The van der Waals surface area contributed by atoms with Gasteiger partial charge < -0.3 is 0 Å². The van der Waals surface area contributed by atoms with Crippen molar-refractivity contribution in [2.24, 2.45) is 5.84 Å². The largest absolute Gasteiger partial charge is 0.271 e. The lowest BCUT2D eigenvalue weighted by atomic mass is 10.1. The molecule has 0 saturated carbocycles. The van der Waals surface area contributed by atoms with Crippen LogP contribution in [0.3, 0.4) is 0 Å². The van der Waals surface area contributed by atoms with Crippen LogP contribution in [0.1, 0.15) is 11.6 Å². The predicted octanol–water partition coefficient (Wildman–Crippen LogP) is 5.19. The molecule has 0 saturated heterocycles. The van der Waals surface area contributed by atoms with E-state index < -0.39 is 5.82 Å². The Labute approximate surface area is 145 Å². The number of rotatable bonds is 5. The zero-order valence-corrected chi connectivity index (χ0v) is 14.7. The van der Waals surface area contributed by atoms with E-state index in [1.54, 1.807) is 12.1 Å².